The Kier molecular flexibility index (Phi) is 7.14. The van der Waals surface area contributed by atoms with Crippen LogP contribution in [0.1, 0.15) is 43.2 Å². The first kappa shape index (κ1) is 20.3. The third kappa shape index (κ3) is 5.35. The second kappa shape index (κ2) is 10.2. The molecule has 156 valence electrons. The zero-order valence-corrected chi connectivity index (χ0v) is 17.3. The smallest absolute Gasteiger partial charge is 0.124 e. The van der Waals surface area contributed by atoms with Gasteiger partial charge in [-0.25, -0.2) is 0 Å². The zero-order valence-electron chi connectivity index (χ0n) is 17.3. The first-order valence-electron chi connectivity index (χ1n) is 11.0. The summed E-state index contributed by atoms with van der Waals surface area (Å²) >= 11 is 0. The Hall–Kier alpha value is -1.95. The molecule has 2 fully saturated rings. The molecule has 5 nitrogen and oxygen atoms in total. The predicted octanol–water partition coefficient (Wildman–Crippen LogP) is 3.79. The van der Waals surface area contributed by atoms with E-state index in [1.807, 2.05) is 24.4 Å². The average Bonchev–Trinajstić information content (AvgIpc) is 2.80. The highest BCUT2D eigenvalue weighted by atomic mass is 16.5. The maximum absolute atomic E-state index is 6.10. The van der Waals surface area contributed by atoms with E-state index in [2.05, 4.69) is 33.4 Å². The van der Waals surface area contributed by atoms with Crippen molar-refractivity contribution in [3.8, 4) is 5.75 Å². The number of rotatable bonds is 8. The van der Waals surface area contributed by atoms with Gasteiger partial charge in [-0.05, 0) is 50.9 Å². The summed E-state index contributed by atoms with van der Waals surface area (Å²) in [5.41, 5.74) is 2.53. The molecule has 2 saturated heterocycles. The lowest BCUT2D eigenvalue weighted by Crippen LogP contribution is -2.59. The molecule has 2 aromatic rings. The van der Waals surface area contributed by atoms with Crippen LogP contribution in [0.15, 0.2) is 48.8 Å². The van der Waals surface area contributed by atoms with Crippen molar-refractivity contribution in [1.29, 1.82) is 0 Å². The molecule has 5 heteroatoms. The predicted molar refractivity (Wildman–Crippen MR) is 115 cm³/mol. The van der Waals surface area contributed by atoms with E-state index in [0.717, 1.165) is 50.5 Å². The number of hydrogen-bond acceptors (Lipinski definition) is 5. The SMILES string of the molecule is c1cncc(COc2ccccc2CNCC2(N3CCCCC3)CCOCC2)c1. The van der Waals surface area contributed by atoms with E-state index in [1.54, 1.807) is 6.20 Å². The van der Waals surface area contributed by atoms with Crippen molar-refractivity contribution in [3.63, 3.8) is 0 Å². The maximum atomic E-state index is 6.10. The van der Waals surface area contributed by atoms with Gasteiger partial charge in [-0.3, -0.25) is 9.88 Å². The van der Waals surface area contributed by atoms with Gasteiger partial charge in [-0.15, -0.1) is 0 Å². The molecule has 0 bridgehead atoms. The fraction of sp³-hybridized carbons (Fsp3) is 0.542. The van der Waals surface area contributed by atoms with Crippen LogP contribution in [0.3, 0.4) is 0 Å². The molecular weight excluding hydrogens is 362 g/mol. The van der Waals surface area contributed by atoms with Crippen molar-refractivity contribution in [2.24, 2.45) is 0 Å². The molecular formula is C24H33N3O2. The van der Waals surface area contributed by atoms with Gasteiger partial charge in [0.25, 0.3) is 0 Å². The summed E-state index contributed by atoms with van der Waals surface area (Å²) in [6, 6.07) is 12.3. The average molecular weight is 396 g/mol. The number of hydrogen-bond donors (Lipinski definition) is 1. The highest BCUT2D eigenvalue weighted by molar-refractivity contribution is 5.33. The summed E-state index contributed by atoms with van der Waals surface area (Å²) in [4.78, 5) is 6.90. The van der Waals surface area contributed by atoms with Crippen LogP contribution in [0.5, 0.6) is 5.75 Å². The molecule has 0 spiro atoms. The van der Waals surface area contributed by atoms with E-state index in [4.69, 9.17) is 9.47 Å². The van der Waals surface area contributed by atoms with Crippen LogP contribution in [0.4, 0.5) is 0 Å². The molecule has 0 atom stereocenters. The van der Waals surface area contributed by atoms with Gasteiger partial charge >= 0.3 is 0 Å². The van der Waals surface area contributed by atoms with Crippen molar-refractivity contribution in [2.75, 3.05) is 32.8 Å². The second-order valence-corrected chi connectivity index (χ2v) is 8.25. The van der Waals surface area contributed by atoms with Gasteiger partial charge < -0.3 is 14.8 Å². The van der Waals surface area contributed by atoms with Crippen molar-refractivity contribution in [3.05, 3.63) is 59.9 Å². The Morgan fingerprint density at radius 3 is 2.66 bits per heavy atom. The van der Waals surface area contributed by atoms with Crippen LogP contribution < -0.4 is 10.1 Å². The van der Waals surface area contributed by atoms with Crippen LogP contribution in [0.25, 0.3) is 0 Å². The molecule has 29 heavy (non-hydrogen) atoms. The molecule has 0 aliphatic carbocycles. The third-order valence-corrected chi connectivity index (χ3v) is 6.31. The Morgan fingerprint density at radius 1 is 1.03 bits per heavy atom. The summed E-state index contributed by atoms with van der Waals surface area (Å²) in [7, 11) is 0. The Morgan fingerprint density at radius 2 is 1.86 bits per heavy atom. The van der Waals surface area contributed by atoms with E-state index in [0.29, 0.717) is 6.61 Å². The first-order valence-corrected chi connectivity index (χ1v) is 11.0. The summed E-state index contributed by atoms with van der Waals surface area (Å²) in [5, 5.41) is 3.76. The summed E-state index contributed by atoms with van der Waals surface area (Å²) in [6.07, 6.45) is 9.92. The lowest BCUT2D eigenvalue weighted by Gasteiger charge is -2.48. The number of nitrogens with one attached hydrogen (secondary N) is 1. The summed E-state index contributed by atoms with van der Waals surface area (Å²) in [6.45, 7) is 6.58. The summed E-state index contributed by atoms with van der Waals surface area (Å²) in [5.74, 6) is 0.947. The molecule has 0 saturated carbocycles. The van der Waals surface area contributed by atoms with Crippen LogP contribution in [0, 0.1) is 0 Å². The number of aromatic nitrogens is 1. The standard InChI is InChI=1S/C24H33N3O2/c1-4-13-27(14-5-1)24(10-15-28-16-11-24)20-26-18-22-8-2-3-9-23(22)29-19-21-7-6-12-25-17-21/h2-3,6-9,12,17,26H,1,4-5,10-11,13-16,18-20H2. The van der Waals surface area contributed by atoms with Gasteiger partial charge in [0.2, 0.25) is 0 Å². The zero-order chi connectivity index (χ0) is 19.8. The van der Waals surface area contributed by atoms with Crippen molar-refractivity contribution >= 4 is 0 Å². The van der Waals surface area contributed by atoms with E-state index in [9.17, 15) is 0 Å². The normalized spacial score (nSPS) is 19.7. The molecule has 0 unspecified atom stereocenters. The molecule has 2 aliphatic rings. The number of nitrogens with zero attached hydrogens (tertiary/aromatic N) is 2. The molecule has 1 aromatic heterocycles. The van der Waals surface area contributed by atoms with Gasteiger partial charge in [-0.1, -0.05) is 30.7 Å². The van der Waals surface area contributed by atoms with E-state index in [-0.39, 0.29) is 5.54 Å². The molecule has 1 N–H and O–H groups in total. The number of ether oxygens (including phenoxy) is 2. The van der Waals surface area contributed by atoms with E-state index >= 15 is 0 Å². The number of pyridine rings is 1. The number of piperidine rings is 1. The largest absolute Gasteiger partial charge is 0.489 e. The van der Waals surface area contributed by atoms with Gasteiger partial charge in [0.05, 0.1) is 0 Å². The topological polar surface area (TPSA) is 46.6 Å². The Balaban J connectivity index is 1.36. The van der Waals surface area contributed by atoms with Crippen molar-refractivity contribution in [1.82, 2.24) is 15.2 Å². The number of likely N-dealkylation sites (tertiary alicyclic amines) is 1. The quantitative estimate of drug-likeness (QED) is 0.737. The Bertz CT molecular complexity index is 741. The van der Waals surface area contributed by atoms with Crippen LogP contribution in [0.2, 0.25) is 0 Å². The maximum Gasteiger partial charge on any atom is 0.124 e. The van der Waals surface area contributed by atoms with Gasteiger partial charge in [0, 0.05) is 55.4 Å². The monoisotopic (exact) mass is 395 g/mol. The molecule has 3 heterocycles. The first-order chi connectivity index (χ1) is 14.4. The van der Waals surface area contributed by atoms with E-state index in [1.165, 1.54) is 37.9 Å². The fourth-order valence-electron chi connectivity index (χ4n) is 4.59. The van der Waals surface area contributed by atoms with Gasteiger partial charge in [0.1, 0.15) is 12.4 Å². The van der Waals surface area contributed by atoms with Crippen molar-refractivity contribution < 1.29 is 9.47 Å². The summed E-state index contributed by atoms with van der Waals surface area (Å²) < 4.78 is 11.8. The molecule has 0 amide bonds. The minimum absolute atomic E-state index is 0.240. The highest BCUT2D eigenvalue weighted by Gasteiger charge is 2.38. The van der Waals surface area contributed by atoms with Crippen molar-refractivity contribution in [2.45, 2.75) is 50.8 Å². The second-order valence-electron chi connectivity index (χ2n) is 8.25. The minimum Gasteiger partial charge on any atom is -0.489 e. The van der Waals surface area contributed by atoms with Crippen LogP contribution in [-0.4, -0.2) is 48.3 Å². The lowest BCUT2D eigenvalue weighted by molar-refractivity contribution is -0.0358. The minimum atomic E-state index is 0.240. The van der Waals surface area contributed by atoms with Gasteiger partial charge in [0.15, 0.2) is 0 Å². The van der Waals surface area contributed by atoms with Gasteiger partial charge in [-0.2, -0.15) is 0 Å². The molecule has 4 rings (SSSR count). The lowest BCUT2D eigenvalue weighted by atomic mass is 9.86. The molecule has 2 aliphatic heterocycles. The number of para-hydroxylation sites is 1. The van der Waals surface area contributed by atoms with Crippen LogP contribution >= 0.6 is 0 Å². The van der Waals surface area contributed by atoms with Crippen LogP contribution in [-0.2, 0) is 17.9 Å². The molecule has 0 radical (unpaired) electrons. The highest BCUT2D eigenvalue weighted by Crippen LogP contribution is 2.30. The Labute approximate surface area is 174 Å². The number of benzene rings is 1. The fourth-order valence-corrected chi connectivity index (χ4v) is 4.59. The van der Waals surface area contributed by atoms with E-state index < -0.39 is 0 Å². The molecule has 1 aromatic carbocycles. The third-order valence-electron chi connectivity index (χ3n) is 6.31.